The highest BCUT2D eigenvalue weighted by molar-refractivity contribution is 7.90. The van der Waals surface area contributed by atoms with Gasteiger partial charge in [0, 0.05) is 29.3 Å². The summed E-state index contributed by atoms with van der Waals surface area (Å²) in [6, 6.07) is 12.1. The van der Waals surface area contributed by atoms with E-state index in [1.165, 1.54) is 43.8 Å². The predicted molar refractivity (Wildman–Crippen MR) is 106 cm³/mol. The van der Waals surface area contributed by atoms with Gasteiger partial charge in [-0.2, -0.15) is 5.26 Å². The van der Waals surface area contributed by atoms with E-state index in [1.807, 2.05) is 0 Å². The van der Waals surface area contributed by atoms with E-state index in [-0.39, 0.29) is 22.0 Å². The molecular weight excluding hydrogens is 409 g/mol. The number of halogens is 1. The van der Waals surface area contributed by atoms with E-state index in [2.05, 4.69) is 10.1 Å². The highest BCUT2D eigenvalue weighted by Gasteiger charge is 2.20. The molecule has 0 fully saturated rings. The van der Waals surface area contributed by atoms with Gasteiger partial charge >= 0.3 is 0 Å². The molecule has 150 valence electrons. The van der Waals surface area contributed by atoms with Crippen LogP contribution in [0, 0.1) is 17.1 Å². The molecule has 0 unspecified atom stereocenters. The molecule has 0 amide bonds. The van der Waals surface area contributed by atoms with Gasteiger partial charge in [0.05, 0.1) is 29.0 Å². The topological polar surface area (TPSA) is 106 Å². The van der Waals surface area contributed by atoms with Crippen LogP contribution in [0.25, 0.3) is 22.0 Å². The van der Waals surface area contributed by atoms with E-state index in [1.54, 1.807) is 18.2 Å². The summed E-state index contributed by atoms with van der Waals surface area (Å²) in [6.07, 6.45) is 2.83. The van der Waals surface area contributed by atoms with Gasteiger partial charge in [-0.1, -0.05) is 11.2 Å². The molecule has 4 rings (SSSR count). The van der Waals surface area contributed by atoms with E-state index >= 15 is 0 Å². The van der Waals surface area contributed by atoms with E-state index in [0.717, 1.165) is 6.07 Å². The minimum Gasteiger partial charge on any atom is -0.496 e. The second-order valence-electron chi connectivity index (χ2n) is 6.44. The lowest BCUT2D eigenvalue weighted by atomic mass is 10.0. The normalized spacial score (nSPS) is 11.4. The van der Waals surface area contributed by atoms with Crippen molar-refractivity contribution in [3.05, 3.63) is 72.0 Å². The average molecular weight is 423 g/mol. The molecule has 0 spiro atoms. The van der Waals surface area contributed by atoms with Gasteiger partial charge in [-0.05, 0) is 29.7 Å². The van der Waals surface area contributed by atoms with Crippen molar-refractivity contribution in [1.29, 1.82) is 5.26 Å². The number of nitrogens with zero attached hydrogens (tertiary/aromatic N) is 3. The van der Waals surface area contributed by atoms with Crippen LogP contribution < -0.4 is 4.74 Å². The van der Waals surface area contributed by atoms with E-state index < -0.39 is 15.7 Å². The number of sulfone groups is 1. The summed E-state index contributed by atoms with van der Waals surface area (Å²) in [5.74, 6) is -0.765. The first-order valence-corrected chi connectivity index (χ1v) is 10.4. The SMILES string of the molecule is COc1cc(F)c(C#N)cc1-c1nccc2cc(S(=O)(=O)Cc3ccon3)ccc12. The van der Waals surface area contributed by atoms with Crippen LogP contribution in [0.1, 0.15) is 11.3 Å². The second kappa shape index (κ2) is 7.57. The standard InChI is InChI=1S/C21H14FN3O4S/c1-28-20-10-19(22)14(11-23)9-18(20)21-17-3-2-16(8-13(17)4-6-24-21)30(26,27)12-15-5-7-29-25-15/h2-10H,12H2,1H3. The maximum atomic E-state index is 14.0. The Kier molecular flexibility index (Phi) is 4.93. The van der Waals surface area contributed by atoms with Gasteiger partial charge in [0.15, 0.2) is 9.84 Å². The lowest BCUT2D eigenvalue weighted by Crippen LogP contribution is -2.05. The van der Waals surface area contributed by atoms with Gasteiger partial charge in [-0.25, -0.2) is 12.8 Å². The van der Waals surface area contributed by atoms with E-state index in [0.29, 0.717) is 27.7 Å². The minimum absolute atomic E-state index is 0.124. The molecule has 30 heavy (non-hydrogen) atoms. The van der Waals surface area contributed by atoms with Crippen molar-refractivity contribution >= 4 is 20.6 Å². The van der Waals surface area contributed by atoms with Gasteiger partial charge in [0.25, 0.3) is 0 Å². The molecule has 0 aliphatic carbocycles. The smallest absolute Gasteiger partial charge is 0.184 e. The molecule has 7 nitrogen and oxygen atoms in total. The van der Waals surface area contributed by atoms with Gasteiger partial charge in [0.1, 0.15) is 29.7 Å². The third kappa shape index (κ3) is 3.49. The Morgan fingerprint density at radius 2 is 2.03 bits per heavy atom. The van der Waals surface area contributed by atoms with Crippen molar-refractivity contribution in [3.8, 4) is 23.1 Å². The number of pyridine rings is 1. The summed E-state index contributed by atoms with van der Waals surface area (Å²) in [7, 11) is -2.25. The maximum Gasteiger partial charge on any atom is 0.184 e. The molecule has 2 heterocycles. The fourth-order valence-electron chi connectivity index (χ4n) is 3.15. The molecule has 0 aliphatic rings. The van der Waals surface area contributed by atoms with Crippen molar-refractivity contribution in [2.75, 3.05) is 7.11 Å². The molecule has 0 saturated heterocycles. The molecule has 0 radical (unpaired) electrons. The van der Waals surface area contributed by atoms with Crippen LogP contribution in [0.2, 0.25) is 0 Å². The maximum absolute atomic E-state index is 14.0. The Labute approximate surface area is 171 Å². The second-order valence-corrected chi connectivity index (χ2v) is 8.43. The Hall–Kier alpha value is -3.77. The van der Waals surface area contributed by atoms with Crippen LogP contribution in [0.5, 0.6) is 5.75 Å². The highest BCUT2D eigenvalue weighted by Crippen LogP contribution is 2.36. The molecule has 4 aromatic rings. The summed E-state index contributed by atoms with van der Waals surface area (Å²) in [6.45, 7) is 0. The molecule has 0 aliphatic heterocycles. The minimum atomic E-state index is -3.64. The zero-order valence-corrected chi connectivity index (χ0v) is 16.5. The van der Waals surface area contributed by atoms with E-state index in [4.69, 9.17) is 14.5 Å². The molecule has 0 bridgehead atoms. The monoisotopic (exact) mass is 423 g/mol. The quantitative estimate of drug-likeness (QED) is 0.479. The van der Waals surface area contributed by atoms with Crippen molar-refractivity contribution < 1.29 is 22.1 Å². The van der Waals surface area contributed by atoms with Gasteiger partial charge < -0.3 is 9.26 Å². The number of aromatic nitrogens is 2. The first-order valence-electron chi connectivity index (χ1n) is 8.72. The van der Waals surface area contributed by atoms with Gasteiger partial charge in [0.2, 0.25) is 0 Å². The molecule has 0 saturated carbocycles. The Balaban J connectivity index is 1.85. The summed E-state index contributed by atoms with van der Waals surface area (Å²) in [4.78, 5) is 4.48. The lowest BCUT2D eigenvalue weighted by Gasteiger charge is -2.12. The summed E-state index contributed by atoms with van der Waals surface area (Å²) in [5, 5.41) is 14.1. The lowest BCUT2D eigenvalue weighted by molar-refractivity contribution is 0.412. The van der Waals surface area contributed by atoms with Crippen LogP contribution in [0.4, 0.5) is 4.39 Å². The summed E-state index contributed by atoms with van der Waals surface area (Å²) < 4.78 is 49.4. The fourth-order valence-corrected chi connectivity index (χ4v) is 4.44. The van der Waals surface area contributed by atoms with Crippen molar-refractivity contribution in [2.45, 2.75) is 10.6 Å². The Morgan fingerprint density at radius 3 is 2.73 bits per heavy atom. The predicted octanol–water partition coefficient (Wildman–Crippen LogP) is 3.88. The highest BCUT2D eigenvalue weighted by atomic mass is 32.2. The number of nitriles is 1. The first-order chi connectivity index (χ1) is 14.4. The first kappa shape index (κ1) is 19.5. The average Bonchev–Trinajstić information content (AvgIpc) is 3.25. The number of ether oxygens (including phenoxy) is 1. The van der Waals surface area contributed by atoms with Crippen molar-refractivity contribution in [2.24, 2.45) is 0 Å². The number of benzene rings is 2. The number of hydrogen-bond donors (Lipinski definition) is 0. The van der Waals surface area contributed by atoms with Crippen molar-refractivity contribution in [3.63, 3.8) is 0 Å². The zero-order valence-electron chi connectivity index (χ0n) is 15.7. The zero-order chi connectivity index (χ0) is 21.3. The van der Waals surface area contributed by atoms with Gasteiger partial charge in [-0.3, -0.25) is 4.98 Å². The van der Waals surface area contributed by atoms with Crippen LogP contribution in [0.15, 0.2) is 64.3 Å². The van der Waals surface area contributed by atoms with Crippen LogP contribution in [-0.4, -0.2) is 25.7 Å². The summed E-state index contributed by atoms with van der Waals surface area (Å²) >= 11 is 0. The molecule has 9 heteroatoms. The Morgan fingerprint density at radius 1 is 1.20 bits per heavy atom. The number of fused-ring (bicyclic) bond motifs is 1. The molecule has 0 N–H and O–H groups in total. The molecule has 2 aromatic carbocycles. The van der Waals surface area contributed by atoms with E-state index in [9.17, 15) is 12.8 Å². The number of methoxy groups -OCH3 is 1. The third-order valence-corrected chi connectivity index (χ3v) is 6.24. The fraction of sp³-hybridized carbons (Fsp3) is 0.0952. The molecular formula is C21H14FN3O4S. The van der Waals surface area contributed by atoms with Crippen LogP contribution in [0.3, 0.4) is 0 Å². The number of rotatable bonds is 5. The molecule has 0 atom stereocenters. The van der Waals surface area contributed by atoms with Crippen molar-refractivity contribution in [1.82, 2.24) is 10.1 Å². The molecule has 2 aromatic heterocycles. The van der Waals surface area contributed by atoms with Crippen LogP contribution >= 0.6 is 0 Å². The third-order valence-electron chi connectivity index (χ3n) is 4.59. The summed E-state index contributed by atoms with van der Waals surface area (Å²) in [5.41, 5.74) is 1.04. The van der Waals surface area contributed by atoms with Gasteiger partial charge in [-0.15, -0.1) is 0 Å². The van der Waals surface area contributed by atoms with Crippen LogP contribution in [-0.2, 0) is 15.6 Å². The number of hydrogen-bond acceptors (Lipinski definition) is 7. The Bertz CT molecular complexity index is 1390. The largest absolute Gasteiger partial charge is 0.496 e.